The van der Waals surface area contributed by atoms with Crippen LogP contribution in [0.15, 0.2) is 37.1 Å². The van der Waals surface area contributed by atoms with Crippen molar-refractivity contribution in [2.75, 3.05) is 7.11 Å². The molecule has 17 heavy (non-hydrogen) atoms. The third kappa shape index (κ3) is 1.69. The van der Waals surface area contributed by atoms with Gasteiger partial charge >= 0.3 is 0 Å². The van der Waals surface area contributed by atoms with Gasteiger partial charge in [0.25, 0.3) is 5.78 Å². The predicted molar refractivity (Wildman–Crippen MR) is 60.6 cm³/mol. The van der Waals surface area contributed by atoms with Crippen LogP contribution in [-0.2, 0) is 0 Å². The molecule has 0 aliphatic rings. The Balaban J connectivity index is 2.06. The number of aromatic nitrogens is 5. The van der Waals surface area contributed by atoms with Crippen LogP contribution in [0.4, 0.5) is 0 Å². The third-order valence-corrected chi connectivity index (χ3v) is 2.43. The molecule has 0 amide bonds. The van der Waals surface area contributed by atoms with E-state index >= 15 is 0 Å². The van der Waals surface area contributed by atoms with Crippen LogP contribution in [0, 0.1) is 0 Å². The normalized spacial score (nSPS) is 10.6. The fraction of sp³-hybridized carbons (Fsp3) is 0.0909. The Bertz CT molecular complexity index is 646. The van der Waals surface area contributed by atoms with Crippen LogP contribution < -0.4 is 4.74 Å². The van der Waals surface area contributed by atoms with Gasteiger partial charge in [-0.2, -0.15) is 0 Å². The van der Waals surface area contributed by atoms with Gasteiger partial charge in [-0.1, -0.05) is 0 Å². The lowest BCUT2D eigenvalue weighted by Gasteiger charge is -2.02. The molecule has 3 aromatic heterocycles. The van der Waals surface area contributed by atoms with E-state index < -0.39 is 0 Å². The summed E-state index contributed by atoms with van der Waals surface area (Å²) in [6.07, 6.45) is 7.01. The van der Waals surface area contributed by atoms with Crippen LogP contribution in [0.3, 0.4) is 0 Å². The second-order valence-electron chi connectivity index (χ2n) is 3.47. The van der Waals surface area contributed by atoms with Crippen molar-refractivity contribution < 1.29 is 4.74 Å². The Morgan fingerprint density at radius 1 is 1.12 bits per heavy atom. The number of nitrogens with zero attached hydrogens (tertiary/aromatic N) is 5. The number of fused-ring (bicyclic) bond motifs is 1. The van der Waals surface area contributed by atoms with Crippen LogP contribution in [0.5, 0.6) is 5.88 Å². The number of hydrogen-bond acceptors (Lipinski definition) is 5. The molecular weight excluding hydrogens is 218 g/mol. The molecule has 0 aliphatic heterocycles. The fourth-order valence-electron chi connectivity index (χ4n) is 1.55. The lowest BCUT2D eigenvalue weighted by Crippen LogP contribution is -1.91. The minimum atomic E-state index is 0.579. The van der Waals surface area contributed by atoms with Crippen LogP contribution in [0.1, 0.15) is 0 Å². The summed E-state index contributed by atoms with van der Waals surface area (Å²) in [6.45, 7) is 0. The Labute approximate surface area is 96.9 Å². The largest absolute Gasteiger partial charge is 0.481 e. The Kier molecular flexibility index (Phi) is 2.18. The zero-order chi connectivity index (χ0) is 11.7. The van der Waals surface area contributed by atoms with Crippen LogP contribution in [-0.4, -0.2) is 31.7 Å². The fourth-order valence-corrected chi connectivity index (χ4v) is 1.55. The summed E-state index contributed by atoms with van der Waals surface area (Å²) < 4.78 is 6.77. The van der Waals surface area contributed by atoms with Gasteiger partial charge in [0, 0.05) is 35.8 Å². The van der Waals surface area contributed by atoms with Crippen molar-refractivity contribution in [3.63, 3.8) is 0 Å². The van der Waals surface area contributed by atoms with Gasteiger partial charge in [-0.25, -0.2) is 9.97 Å². The van der Waals surface area contributed by atoms with E-state index in [1.54, 1.807) is 30.2 Å². The lowest BCUT2D eigenvalue weighted by atomic mass is 10.1. The summed E-state index contributed by atoms with van der Waals surface area (Å²) >= 11 is 0. The van der Waals surface area contributed by atoms with Gasteiger partial charge in [0.05, 0.1) is 7.11 Å². The average Bonchev–Trinajstić information content (AvgIpc) is 2.86. The molecule has 0 aliphatic carbocycles. The maximum Gasteiger partial charge on any atom is 0.254 e. The van der Waals surface area contributed by atoms with Crippen molar-refractivity contribution in [2.24, 2.45) is 0 Å². The molecule has 0 spiro atoms. The molecule has 6 nitrogen and oxygen atoms in total. The summed E-state index contributed by atoms with van der Waals surface area (Å²) in [6, 6.07) is 3.74. The van der Waals surface area contributed by atoms with Gasteiger partial charge in [0.1, 0.15) is 6.33 Å². The maximum atomic E-state index is 5.01. The number of methoxy groups -OCH3 is 1. The van der Waals surface area contributed by atoms with E-state index in [0.29, 0.717) is 11.7 Å². The average molecular weight is 227 g/mol. The van der Waals surface area contributed by atoms with Gasteiger partial charge in [-0.15, -0.1) is 10.2 Å². The van der Waals surface area contributed by atoms with Crippen molar-refractivity contribution in [1.82, 2.24) is 24.6 Å². The molecular formula is C11H9N5O. The molecule has 3 aromatic rings. The summed E-state index contributed by atoms with van der Waals surface area (Å²) in [5, 5.41) is 7.63. The highest BCUT2D eigenvalue weighted by Gasteiger charge is 2.02. The monoisotopic (exact) mass is 227 g/mol. The van der Waals surface area contributed by atoms with E-state index in [9.17, 15) is 0 Å². The van der Waals surface area contributed by atoms with Gasteiger partial charge in [-0.05, 0) is 6.07 Å². The first-order chi connectivity index (χ1) is 8.36. The molecule has 0 aromatic carbocycles. The highest BCUT2D eigenvalue weighted by molar-refractivity contribution is 5.61. The molecule has 3 heterocycles. The Morgan fingerprint density at radius 2 is 2.00 bits per heavy atom. The van der Waals surface area contributed by atoms with E-state index in [1.807, 2.05) is 18.3 Å². The molecule has 0 saturated heterocycles. The summed E-state index contributed by atoms with van der Waals surface area (Å²) in [4.78, 5) is 8.34. The Hall–Kier alpha value is -2.50. The molecule has 0 bridgehead atoms. The first-order valence-electron chi connectivity index (χ1n) is 5.02. The van der Waals surface area contributed by atoms with E-state index in [4.69, 9.17) is 4.74 Å². The molecule has 0 saturated carbocycles. The van der Waals surface area contributed by atoms with Gasteiger partial charge in [0.2, 0.25) is 5.88 Å². The highest BCUT2D eigenvalue weighted by Crippen LogP contribution is 2.19. The minimum absolute atomic E-state index is 0.579. The third-order valence-electron chi connectivity index (χ3n) is 2.43. The maximum absolute atomic E-state index is 5.01. The molecule has 0 N–H and O–H groups in total. The first kappa shape index (κ1) is 9.71. The summed E-state index contributed by atoms with van der Waals surface area (Å²) in [7, 11) is 1.59. The van der Waals surface area contributed by atoms with Crippen LogP contribution in [0.2, 0.25) is 0 Å². The summed E-state index contributed by atoms with van der Waals surface area (Å²) in [5.41, 5.74) is 1.92. The zero-order valence-electron chi connectivity index (χ0n) is 9.11. The molecule has 0 unspecified atom stereocenters. The SMILES string of the molecule is COc1ccc(-c2cnc3nncn3c2)cn1. The number of rotatable bonds is 2. The molecule has 0 radical (unpaired) electrons. The van der Waals surface area contributed by atoms with E-state index in [-0.39, 0.29) is 0 Å². The van der Waals surface area contributed by atoms with Crippen LogP contribution >= 0.6 is 0 Å². The number of pyridine rings is 1. The first-order valence-corrected chi connectivity index (χ1v) is 5.02. The van der Waals surface area contributed by atoms with E-state index in [1.165, 1.54) is 0 Å². The predicted octanol–water partition coefficient (Wildman–Crippen LogP) is 1.19. The van der Waals surface area contributed by atoms with Crippen molar-refractivity contribution in [1.29, 1.82) is 0 Å². The molecule has 0 atom stereocenters. The molecule has 6 heteroatoms. The molecule has 0 fully saturated rings. The quantitative estimate of drug-likeness (QED) is 0.658. The zero-order valence-corrected chi connectivity index (χ0v) is 9.11. The minimum Gasteiger partial charge on any atom is -0.481 e. The number of ether oxygens (including phenoxy) is 1. The summed E-state index contributed by atoms with van der Waals surface area (Å²) in [5.74, 6) is 1.17. The lowest BCUT2D eigenvalue weighted by molar-refractivity contribution is 0.398. The molecule has 3 rings (SSSR count). The smallest absolute Gasteiger partial charge is 0.254 e. The van der Waals surface area contributed by atoms with Crippen molar-refractivity contribution in [2.45, 2.75) is 0 Å². The Morgan fingerprint density at radius 3 is 2.76 bits per heavy atom. The van der Waals surface area contributed by atoms with E-state index in [2.05, 4.69) is 20.2 Å². The van der Waals surface area contributed by atoms with E-state index in [0.717, 1.165) is 11.1 Å². The highest BCUT2D eigenvalue weighted by atomic mass is 16.5. The van der Waals surface area contributed by atoms with Gasteiger partial charge in [0.15, 0.2) is 0 Å². The molecule has 84 valence electrons. The standard InChI is InChI=1S/C11H9N5O/c1-17-10-3-2-8(4-12-10)9-5-13-11-15-14-7-16(11)6-9/h2-7H,1H3. The second kappa shape index (κ2) is 3.82. The number of hydrogen-bond donors (Lipinski definition) is 0. The van der Waals surface area contributed by atoms with Crippen LogP contribution in [0.25, 0.3) is 16.9 Å². The van der Waals surface area contributed by atoms with Gasteiger partial charge in [-0.3, -0.25) is 4.40 Å². The van der Waals surface area contributed by atoms with Crippen molar-refractivity contribution >= 4 is 5.78 Å². The van der Waals surface area contributed by atoms with Gasteiger partial charge < -0.3 is 4.74 Å². The topological polar surface area (TPSA) is 65.2 Å². The van der Waals surface area contributed by atoms with Crippen molar-refractivity contribution in [3.8, 4) is 17.0 Å². The van der Waals surface area contributed by atoms with Crippen molar-refractivity contribution in [3.05, 3.63) is 37.1 Å². The second-order valence-corrected chi connectivity index (χ2v) is 3.47.